The Hall–Kier alpha value is -0.870. The predicted octanol–water partition coefficient (Wildman–Crippen LogP) is 2.91. The van der Waals surface area contributed by atoms with E-state index in [1.54, 1.807) is 0 Å². The van der Waals surface area contributed by atoms with Crippen LogP contribution >= 0.6 is 0 Å². The van der Waals surface area contributed by atoms with Crippen molar-refractivity contribution in [3.63, 3.8) is 0 Å². The minimum Gasteiger partial charge on any atom is -0.225 e. The smallest absolute Gasteiger partial charge is 0.225 e. The van der Waals surface area contributed by atoms with E-state index in [1.807, 2.05) is 20.8 Å². The van der Waals surface area contributed by atoms with Crippen molar-refractivity contribution in [2.24, 2.45) is 5.14 Å². The van der Waals surface area contributed by atoms with Crippen LogP contribution in [-0.4, -0.2) is 8.42 Å². The fourth-order valence-electron chi connectivity index (χ4n) is 2.53. The largest absolute Gasteiger partial charge is 0.238 e. The third-order valence-electron chi connectivity index (χ3n) is 3.78. The van der Waals surface area contributed by atoms with E-state index in [0.717, 1.165) is 41.5 Å². The van der Waals surface area contributed by atoms with Crippen LogP contribution in [0, 0.1) is 27.7 Å². The van der Waals surface area contributed by atoms with Gasteiger partial charge in [0.1, 0.15) is 0 Å². The van der Waals surface area contributed by atoms with Gasteiger partial charge in [0.15, 0.2) is 0 Å². The minimum absolute atomic E-state index is 0.316. The summed E-state index contributed by atoms with van der Waals surface area (Å²) in [5.41, 5.74) is 4.99. The highest BCUT2D eigenvalue weighted by Gasteiger charge is 2.21. The Morgan fingerprint density at radius 1 is 0.944 bits per heavy atom. The molecule has 18 heavy (non-hydrogen) atoms. The highest BCUT2D eigenvalue weighted by atomic mass is 32.2. The van der Waals surface area contributed by atoms with Gasteiger partial charge >= 0.3 is 0 Å². The van der Waals surface area contributed by atoms with Gasteiger partial charge in [-0.2, -0.15) is 0 Å². The standard InChI is InChI=1S/C14H23NO2S/c1-6-7-8-13-10(3)9(2)11(4)14(12(13)5)18(15,16)17/h6-8H2,1-5H3,(H2,15,16,17). The van der Waals surface area contributed by atoms with Crippen molar-refractivity contribution in [1.29, 1.82) is 0 Å². The fraction of sp³-hybridized carbons (Fsp3) is 0.571. The lowest BCUT2D eigenvalue weighted by molar-refractivity contribution is 0.596. The summed E-state index contributed by atoms with van der Waals surface area (Å²) < 4.78 is 23.5. The molecule has 3 nitrogen and oxygen atoms in total. The number of unbranched alkanes of at least 4 members (excludes halogenated alkanes) is 1. The third-order valence-corrected chi connectivity index (χ3v) is 4.96. The predicted molar refractivity (Wildman–Crippen MR) is 75.4 cm³/mol. The first-order valence-corrected chi connectivity index (χ1v) is 7.88. The van der Waals surface area contributed by atoms with Gasteiger partial charge in [-0.15, -0.1) is 0 Å². The highest BCUT2D eigenvalue weighted by molar-refractivity contribution is 7.89. The molecule has 1 aromatic carbocycles. The van der Waals surface area contributed by atoms with Crippen molar-refractivity contribution in [2.45, 2.75) is 58.8 Å². The number of rotatable bonds is 4. The van der Waals surface area contributed by atoms with E-state index in [1.165, 1.54) is 5.56 Å². The van der Waals surface area contributed by atoms with Gasteiger partial charge in [0.2, 0.25) is 10.0 Å². The average Bonchev–Trinajstić information content (AvgIpc) is 2.24. The molecule has 0 atom stereocenters. The zero-order chi connectivity index (χ0) is 14.1. The molecule has 2 N–H and O–H groups in total. The Morgan fingerprint density at radius 2 is 1.50 bits per heavy atom. The van der Waals surface area contributed by atoms with Crippen LogP contribution in [0.5, 0.6) is 0 Å². The molecular formula is C14H23NO2S. The number of primary sulfonamides is 1. The van der Waals surface area contributed by atoms with Gasteiger partial charge < -0.3 is 0 Å². The molecule has 0 heterocycles. The summed E-state index contributed by atoms with van der Waals surface area (Å²) in [4.78, 5) is 0.316. The van der Waals surface area contributed by atoms with Crippen molar-refractivity contribution in [3.8, 4) is 0 Å². The molecule has 0 spiro atoms. The topological polar surface area (TPSA) is 60.2 Å². The molecule has 0 bridgehead atoms. The lowest BCUT2D eigenvalue weighted by Gasteiger charge is -2.19. The minimum atomic E-state index is -3.65. The second-order valence-electron chi connectivity index (χ2n) is 4.96. The molecule has 0 aromatic heterocycles. The maximum Gasteiger partial charge on any atom is 0.238 e. The number of benzene rings is 1. The summed E-state index contributed by atoms with van der Waals surface area (Å²) in [6.45, 7) is 9.86. The van der Waals surface area contributed by atoms with E-state index in [9.17, 15) is 8.42 Å². The average molecular weight is 269 g/mol. The Labute approximate surface area is 110 Å². The lowest BCUT2D eigenvalue weighted by Crippen LogP contribution is -2.18. The first-order chi connectivity index (χ1) is 8.21. The van der Waals surface area contributed by atoms with E-state index in [0.29, 0.717) is 4.90 Å². The SMILES string of the molecule is CCCCc1c(C)c(C)c(C)c(S(N)(=O)=O)c1C. The number of sulfonamides is 1. The Balaban J connectivity index is 3.60. The zero-order valence-corrected chi connectivity index (χ0v) is 12.7. The van der Waals surface area contributed by atoms with Crippen LogP contribution in [0.25, 0.3) is 0 Å². The number of nitrogens with two attached hydrogens (primary N) is 1. The summed E-state index contributed by atoms with van der Waals surface area (Å²) in [5, 5.41) is 5.35. The molecule has 1 rings (SSSR count). The molecule has 0 saturated heterocycles. The van der Waals surface area contributed by atoms with Crippen molar-refractivity contribution in [1.82, 2.24) is 0 Å². The van der Waals surface area contributed by atoms with Gasteiger partial charge in [0.25, 0.3) is 0 Å². The molecule has 4 heteroatoms. The van der Waals surface area contributed by atoms with Gasteiger partial charge in [0.05, 0.1) is 4.90 Å². The first-order valence-electron chi connectivity index (χ1n) is 6.33. The molecule has 1 aromatic rings. The lowest BCUT2D eigenvalue weighted by atomic mass is 9.91. The molecule has 0 aliphatic heterocycles. The molecule has 0 aliphatic rings. The molecule has 0 unspecified atom stereocenters. The van der Waals surface area contributed by atoms with Crippen LogP contribution in [-0.2, 0) is 16.4 Å². The van der Waals surface area contributed by atoms with Crippen molar-refractivity contribution in [3.05, 3.63) is 27.8 Å². The Kier molecular flexibility index (Phi) is 4.56. The van der Waals surface area contributed by atoms with Crippen LogP contribution < -0.4 is 5.14 Å². The van der Waals surface area contributed by atoms with Crippen LogP contribution in [0.4, 0.5) is 0 Å². The molecule has 0 amide bonds. The van der Waals surface area contributed by atoms with Crippen LogP contribution in [0.15, 0.2) is 4.90 Å². The summed E-state index contributed by atoms with van der Waals surface area (Å²) in [6, 6.07) is 0. The Bertz CT molecular complexity index is 560. The Morgan fingerprint density at radius 3 is 1.94 bits per heavy atom. The fourth-order valence-corrected chi connectivity index (χ4v) is 3.66. The van der Waals surface area contributed by atoms with Crippen molar-refractivity contribution < 1.29 is 8.42 Å². The van der Waals surface area contributed by atoms with Gasteiger partial charge in [-0.1, -0.05) is 13.3 Å². The van der Waals surface area contributed by atoms with Gasteiger partial charge in [-0.3, -0.25) is 0 Å². The molecule has 0 fully saturated rings. The second kappa shape index (κ2) is 5.41. The van der Waals surface area contributed by atoms with E-state index in [2.05, 4.69) is 13.8 Å². The molecule has 102 valence electrons. The van der Waals surface area contributed by atoms with E-state index in [-0.39, 0.29) is 0 Å². The number of hydrogen-bond acceptors (Lipinski definition) is 2. The first kappa shape index (κ1) is 15.2. The maximum atomic E-state index is 11.7. The van der Waals surface area contributed by atoms with Gasteiger partial charge in [-0.05, 0) is 68.4 Å². The molecule has 0 saturated carbocycles. The summed E-state index contributed by atoms with van der Waals surface area (Å²) in [5.74, 6) is 0. The normalized spacial score (nSPS) is 11.9. The van der Waals surface area contributed by atoms with Crippen LogP contribution in [0.1, 0.15) is 47.6 Å². The summed E-state index contributed by atoms with van der Waals surface area (Å²) in [6.07, 6.45) is 3.07. The van der Waals surface area contributed by atoms with E-state index >= 15 is 0 Å². The van der Waals surface area contributed by atoms with Gasteiger partial charge in [-0.25, -0.2) is 13.6 Å². The van der Waals surface area contributed by atoms with E-state index in [4.69, 9.17) is 5.14 Å². The van der Waals surface area contributed by atoms with Crippen molar-refractivity contribution >= 4 is 10.0 Å². The quantitative estimate of drug-likeness (QED) is 0.913. The summed E-state index contributed by atoms with van der Waals surface area (Å²) >= 11 is 0. The second-order valence-corrected chi connectivity index (χ2v) is 6.45. The van der Waals surface area contributed by atoms with Crippen LogP contribution in [0.2, 0.25) is 0 Å². The molecular weight excluding hydrogens is 246 g/mol. The maximum absolute atomic E-state index is 11.7. The highest BCUT2D eigenvalue weighted by Crippen LogP contribution is 2.30. The zero-order valence-electron chi connectivity index (χ0n) is 11.9. The monoisotopic (exact) mass is 269 g/mol. The molecule has 0 aliphatic carbocycles. The van der Waals surface area contributed by atoms with Gasteiger partial charge in [0, 0.05) is 0 Å². The number of hydrogen-bond donors (Lipinski definition) is 1. The van der Waals surface area contributed by atoms with E-state index < -0.39 is 10.0 Å². The molecule has 0 radical (unpaired) electrons. The van der Waals surface area contributed by atoms with Crippen LogP contribution in [0.3, 0.4) is 0 Å². The van der Waals surface area contributed by atoms with Crippen molar-refractivity contribution in [2.75, 3.05) is 0 Å². The third kappa shape index (κ3) is 2.75. The summed E-state index contributed by atoms with van der Waals surface area (Å²) in [7, 11) is -3.65.